The quantitative estimate of drug-likeness (QED) is 0.0858. The molecule has 0 N–H and O–H groups in total. The number of esters is 2. The fraction of sp³-hybridized carbons (Fsp3) is 0.862. The van der Waals surface area contributed by atoms with Crippen LogP contribution in [0.3, 0.4) is 0 Å². The van der Waals surface area contributed by atoms with Crippen LogP contribution in [0.15, 0.2) is 11.6 Å². The summed E-state index contributed by atoms with van der Waals surface area (Å²) >= 11 is 0. The van der Waals surface area contributed by atoms with Gasteiger partial charge in [0.15, 0.2) is 0 Å². The molecule has 0 aromatic rings. The smallest absolute Gasteiger partial charge is 0.312 e. The van der Waals surface area contributed by atoms with E-state index in [2.05, 4.69) is 6.92 Å². The van der Waals surface area contributed by atoms with E-state index in [9.17, 15) is 9.59 Å². The SMILES string of the molecule is CCCCCCCCCCCCCCCCCCC(=O)OCCOC(=O)C(C=C(C)C)CC. The van der Waals surface area contributed by atoms with Crippen molar-refractivity contribution in [2.45, 2.75) is 143 Å². The van der Waals surface area contributed by atoms with Crippen LogP contribution in [0.5, 0.6) is 0 Å². The first-order chi connectivity index (χ1) is 16.0. The molecule has 4 nitrogen and oxygen atoms in total. The summed E-state index contributed by atoms with van der Waals surface area (Å²) in [7, 11) is 0. The van der Waals surface area contributed by atoms with Crippen LogP contribution in [-0.4, -0.2) is 25.2 Å². The summed E-state index contributed by atoms with van der Waals surface area (Å²) in [6, 6.07) is 0. The van der Waals surface area contributed by atoms with E-state index in [0.717, 1.165) is 18.4 Å². The van der Waals surface area contributed by atoms with E-state index in [4.69, 9.17) is 9.47 Å². The van der Waals surface area contributed by atoms with Crippen molar-refractivity contribution in [2.75, 3.05) is 13.2 Å². The summed E-state index contributed by atoms with van der Waals surface area (Å²) in [6.07, 6.45) is 24.2. The van der Waals surface area contributed by atoms with E-state index in [1.807, 2.05) is 26.8 Å². The molecule has 0 aromatic carbocycles. The molecule has 194 valence electrons. The maximum absolute atomic E-state index is 12.0. The van der Waals surface area contributed by atoms with Crippen LogP contribution < -0.4 is 0 Å². The van der Waals surface area contributed by atoms with Crippen molar-refractivity contribution in [3.05, 3.63) is 11.6 Å². The van der Waals surface area contributed by atoms with Gasteiger partial charge in [-0.3, -0.25) is 9.59 Å². The molecule has 0 heterocycles. The van der Waals surface area contributed by atoms with E-state index in [1.54, 1.807) is 0 Å². The highest BCUT2D eigenvalue weighted by atomic mass is 16.6. The molecule has 0 radical (unpaired) electrons. The van der Waals surface area contributed by atoms with Gasteiger partial charge in [0.1, 0.15) is 13.2 Å². The zero-order chi connectivity index (χ0) is 24.6. The lowest BCUT2D eigenvalue weighted by Crippen LogP contribution is -2.19. The monoisotopic (exact) mass is 466 g/mol. The molecule has 0 amide bonds. The standard InChI is InChI=1S/C29H54O4/c1-5-7-8-9-10-11-12-13-14-15-16-17-18-19-20-21-22-28(30)32-23-24-33-29(31)27(6-2)25-26(3)4/h25,27H,5-24H2,1-4H3. The highest BCUT2D eigenvalue weighted by Crippen LogP contribution is 2.14. The lowest BCUT2D eigenvalue weighted by atomic mass is 10.0. The number of rotatable bonds is 23. The number of unbranched alkanes of at least 4 members (excludes halogenated alkanes) is 15. The largest absolute Gasteiger partial charge is 0.462 e. The summed E-state index contributed by atoms with van der Waals surface area (Å²) in [5, 5.41) is 0. The summed E-state index contributed by atoms with van der Waals surface area (Å²) in [5.74, 6) is -0.642. The summed E-state index contributed by atoms with van der Waals surface area (Å²) < 4.78 is 10.4. The number of hydrogen-bond acceptors (Lipinski definition) is 4. The minimum atomic E-state index is -0.243. The summed E-state index contributed by atoms with van der Waals surface area (Å²) in [5.41, 5.74) is 1.10. The van der Waals surface area contributed by atoms with Crippen molar-refractivity contribution in [1.29, 1.82) is 0 Å². The van der Waals surface area contributed by atoms with Crippen molar-refractivity contribution < 1.29 is 19.1 Å². The zero-order valence-electron chi connectivity index (χ0n) is 22.4. The first kappa shape index (κ1) is 31.7. The second kappa shape index (κ2) is 23.8. The summed E-state index contributed by atoms with van der Waals surface area (Å²) in [6.45, 7) is 8.46. The Morgan fingerprint density at radius 1 is 0.636 bits per heavy atom. The van der Waals surface area contributed by atoms with Gasteiger partial charge in [-0.05, 0) is 26.7 Å². The van der Waals surface area contributed by atoms with Crippen molar-refractivity contribution >= 4 is 11.9 Å². The van der Waals surface area contributed by atoms with Crippen molar-refractivity contribution in [3.8, 4) is 0 Å². The van der Waals surface area contributed by atoms with Crippen molar-refractivity contribution in [1.82, 2.24) is 0 Å². The van der Waals surface area contributed by atoms with E-state index in [-0.39, 0.29) is 31.1 Å². The molecule has 0 aromatic heterocycles. The molecule has 0 saturated heterocycles. The zero-order valence-corrected chi connectivity index (χ0v) is 22.4. The minimum absolute atomic E-state index is 0.136. The maximum atomic E-state index is 12.0. The Bertz CT molecular complexity index is 494. The van der Waals surface area contributed by atoms with Crippen LogP contribution in [0, 0.1) is 5.92 Å². The summed E-state index contributed by atoms with van der Waals surface area (Å²) in [4.78, 5) is 23.8. The Kier molecular flexibility index (Phi) is 22.9. The Labute approximate surface area is 205 Å². The van der Waals surface area contributed by atoms with Gasteiger partial charge in [0.2, 0.25) is 0 Å². The number of carbonyl (C=O) groups excluding carboxylic acids is 2. The van der Waals surface area contributed by atoms with Gasteiger partial charge >= 0.3 is 11.9 Å². The molecule has 1 atom stereocenters. The molecule has 0 aliphatic rings. The van der Waals surface area contributed by atoms with Gasteiger partial charge in [0.25, 0.3) is 0 Å². The molecule has 0 spiro atoms. The average Bonchev–Trinajstić information content (AvgIpc) is 2.79. The van der Waals surface area contributed by atoms with E-state index < -0.39 is 0 Å². The third-order valence-corrected chi connectivity index (χ3v) is 6.10. The number of ether oxygens (including phenoxy) is 2. The molecule has 0 aliphatic carbocycles. The van der Waals surface area contributed by atoms with Crippen LogP contribution in [0.4, 0.5) is 0 Å². The normalized spacial score (nSPS) is 11.8. The predicted octanol–water partition coefficient (Wildman–Crippen LogP) is 8.72. The number of allylic oxidation sites excluding steroid dienone is 1. The topological polar surface area (TPSA) is 52.6 Å². The highest BCUT2D eigenvalue weighted by Gasteiger charge is 2.15. The maximum Gasteiger partial charge on any atom is 0.312 e. The van der Waals surface area contributed by atoms with Gasteiger partial charge in [-0.15, -0.1) is 0 Å². The van der Waals surface area contributed by atoms with Gasteiger partial charge in [-0.2, -0.15) is 0 Å². The molecule has 0 rings (SSSR count). The first-order valence-electron chi connectivity index (χ1n) is 14.0. The molecule has 0 bridgehead atoms. The molecule has 1 unspecified atom stereocenters. The van der Waals surface area contributed by atoms with Crippen LogP contribution in [-0.2, 0) is 19.1 Å². The fourth-order valence-corrected chi connectivity index (χ4v) is 4.05. The van der Waals surface area contributed by atoms with E-state index in [1.165, 1.54) is 89.9 Å². The lowest BCUT2D eigenvalue weighted by Gasteiger charge is -2.11. The van der Waals surface area contributed by atoms with Gasteiger partial charge in [0.05, 0.1) is 5.92 Å². The molecular weight excluding hydrogens is 412 g/mol. The average molecular weight is 467 g/mol. The molecule has 4 heteroatoms. The molecule has 0 fully saturated rings. The second-order valence-corrected chi connectivity index (χ2v) is 9.70. The van der Waals surface area contributed by atoms with Crippen molar-refractivity contribution in [2.24, 2.45) is 5.92 Å². The third-order valence-electron chi connectivity index (χ3n) is 6.10. The molecule has 33 heavy (non-hydrogen) atoms. The molecule has 0 aliphatic heterocycles. The first-order valence-corrected chi connectivity index (χ1v) is 14.0. The Morgan fingerprint density at radius 3 is 1.48 bits per heavy atom. The number of carbonyl (C=O) groups is 2. The highest BCUT2D eigenvalue weighted by molar-refractivity contribution is 5.74. The predicted molar refractivity (Wildman–Crippen MR) is 139 cm³/mol. The second-order valence-electron chi connectivity index (χ2n) is 9.70. The van der Waals surface area contributed by atoms with Crippen molar-refractivity contribution in [3.63, 3.8) is 0 Å². The van der Waals surface area contributed by atoms with Crippen LogP contribution in [0.25, 0.3) is 0 Å². The molecular formula is C29H54O4. The van der Waals surface area contributed by atoms with E-state index >= 15 is 0 Å². The van der Waals surface area contributed by atoms with Gasteiger partial charge in [-0.25, -0.2) is 0 Å². The fourth-order valence-electron chi connectivity index (χ4n) is 4.05. The van der Waals surface area contributed by atoms with Crippen LogP contribution in [0.1, 0.15) is 143 Å². The van der Waals surface area contributed by atoms with Crippen LogP contribution in [0.2, 0.25) is 0 Å². The van der Waals surface area contributed by atoms with Gasteiger partial charge in [0, 0.05) is 6.42 Å². The molecule has 0 saturated carbocycles. The number of hydrogen-bond donors (Lipinski definition) is 0. The van der Waals surface area contributed by atoms with E-state index in [0.29, 0.717) is 12.8 Å². The Balaban J connectivity index is 3.39. The Hall–Kier alpha value is -1.32. The third kappa shape index (κ3) is 22.2. The minimum Gasteiger partial charge on any atom is -0.462 e. The van der Waals surface area contributed by atoms with Gasteiger partial charge in [-0.1, -0.05) is 122 Å². The lowest BCUT2D eigenvalue weighted by molar-refractivity contribution is -0.154. The van der Waals surface area contributed by atoms with Crippen LogP contribution >= 0.6 is 0 Å². The van der Waals surface area contributed by atoms with Gasteiger partial charge < -0.3 is 9.47 Å². The Morgan fingerprint density at radius 2 is 1.06 bits per heavy atom.